The SMILES string of the molecule is Fc1ccc(/C=N/N2CCN(c3cccc[nH+]3)CC2)cc1. The number of anilines is 1. The fourth-order valence-corrected chi connectivity index (χ4v) is 2.33. The molecule has 1 aromatic heterocycles. The van der Waals surface area contributed by atoms with Gasteiger partial charge in [-0.25, -0.2) is 9.37 Å². The molecule has 0 saturated carbocycles. The molecule has 3 rings (SSSR count). The van der Waals surface area contributed by atoms with Gasteiger partial charge in [-0.1, -0.05) is 18.2 Å². The van der Waals surface area contributed by atoms with Crippen LogP contribution in [0.2, 0.25) is 0 Å². The third-order valence-electron chi connectivity index (χ3n) is 3.53. The molecule has 1 aromatic carbocycles. The predicted molar refractivity (Wildman–Crippen MR) is 80.8 cm³/mol. The number of aromatic amines is 1. The third-order valence-corrected chi connectivity index (χ3v) is 3.53. The Hall–Kier alpha value is -2.43. The first kappa shape index (κ1) is 13.5. The van der Waals surface area contributed by atoms with E-state index in [0.29, 0.717) is 0 Å². The Kier molecular flexibility index (Phi) is 4.09. The first-order valence-electron chi connectivity index (χ1n) is 7.07. The molecule has 0 aliphatic carbocycles. The summed E-state index contributed by atoms with van der Waals surface area (Å²) < 4.78 is 12.8. The number of rotatable bonds is 3. The molecule has 0 unspecified atom stereocenters. The Morgan fingerprint density at radius 1 is 1.00 bits per heavy atom. The minimum atomic E-state index is -0.222. The van der Waals surface area contributed by atoms with E-state index in [1.165, 1.54) is 12.1 Å². The number of benzene rings is 1. The molecule has 1 aliphatic rings. The van der Waals surface area contributed by atoms with Gasteiger partial charge >= 0.3 is 0 Å². The number of hydrogen-bond acceptors (Lipinski definition) is 3. The number of H-pyrrole nitrogens is 1. The molecule has 2 aromatic rings. The van der Waals surface area contributed by atoms with Crippen molar-refractivity contribution in [2.24, 2.45) is 5.10 Å². The van der Waals surface area contributed by atoms with Crippen molar-refractivity contribution in [1.82, 2.24) is 5.01 Å². The number of piperazine rings is 1. The van der Waals surface area contributed by atoms with Gasteiger partial charge in [-0.05, 0) is 23.8 Å². The van der Waals surface area contributed by atoms with E-state index in [1.807, 2.05) is 23.3 Å². The van der Waals surface area contributed by atoms with Crippen LogP contribution in [0.25, 0.3) is 0 Å². The zero-order valence-electron chi connectivity index (χ0n) is 11.7. The molecule has 21 heavy (non-hydrogen) atoms. The lowest BCUT2D eigenvalue weighted by molar-refractivity contribution is -0.364. The first-order valence-corrected chi connectivity index (χ1v) is 7.07. The van der Waals surface area contributed by atoms with Gasteiger partial charge in [-0.3, -0.25) is 9.91 Å². The Morgan fingerprint density at radius 2 is 1.76 bits per heavy atom. The molecule has 0 amide bonds. The topological polar surface area (TPSA) is 33.0 Å². The summed E-state index contributed by atoms with van der Waals surface area (Å²) >= 11 is 0. The molecule has 108 valence electrons. The Balaban J connectivity index is 1.55. The number of halogens is 1. The number of nitrogens with zero attached hydrogens (tertiary/aromatic N) is 3. The van der Waals surface area contributed by atoms with E-state index in [-0.39, 0.29) is 5.82 Å². The molecular weight excluding hydrogens is 267 g/mol. The van der Waals surface area contributed by atoms with Gasteiger partial charge < -0.3 is 0 Å². The van der Waals surface area contributed by atoms with Crippen LogP contribution in [0, 0.1) is 5.82 Å². The average molecular weight is 285 g/mol. The highest BCUT2D eigenvalue weighted by Gasteiger charge is 2.21. The smallest absolute Gasteiger partial charge is 0.274 e. The van der Waals surface area contributed by atoms with Gasteiger partial charge in [0.2, 0.25) is 0 Å². The minimum Gasteiger partial charge on any atom is -0.289 e. The van der Waals surface area contributed by atoms with Crippen LogP contribution in [0.5, 0.6) is 0 Å². The largest absolute Gasteiger partial charge is 0.289 e. The quantitative estimate of drug-likeness (QED) is 0.806. The normalized spacial score (nSPS) is 15.7. The minimum absolute atomic E-state index is 0.222. The highest BCUT2D eigenvalue weighted by molar-refractivity contribution is 5.79. The van der Waals surface area contributed by atoms with Gasteiger partial charge in [0.25, 0.3) is 5.82 Å². The van der Waals surface area contributed by atoms with E-state index >= 15 is 0 Å². The van der Waals surface area contributed by atoms with Gasteiger partial charge in [0.1, 0.15) is 18.9 Å². The van der Waals surface area contributed by atoms with Crippen LogP contribution in [0.15, 0.2) is 53.8 Å². The fourth-order valence-electron chi connectivity index (χ4n) is 2.33. The van der Waals surface area contributed by atoms with Gasteiger partial charge in [-0.2, -0.15) is 5.10 Å². The molecule has 4 nitrogen and oxygen atoms in total. The summed E-state index contributed by atoms with van der Waals surface area (Å²) in [6.45, 7) is 3.61. The lowest BCUT2D eigenvalue weighted by atomic mass is 10.2. The Bertz CT molecular complexity index is 589. The predicted octanol–water partition coefficient (Wildman–Crippen LogP) is 1.80. The molecule has 1 saturated heterocycles. The van der Waals surface area contributed by atoms with E-state index in [1.54, 1.807) is 18.3 Å². The van der Waals surface area contributed by atoms with Crippen LogP contribution in [0.4, 0.5) is 10.2 Å². The van der Waals surface area contributed by atoms with Crippen LogP contribution in [-0.2, 0) is 0 Å². The summed E-state index contributed by atoms with van der Waals surface area (Å²) in [5, 5.41) is 6.50. The van der Waals surface area contributed by atoms with Crippen LogP contribution in [0.3, 0.4) is 0 Å². The fraction of sp³-hybridized carbons (Fsp3) is 0.250. The number of aromatic nitrogens is 1. The molecule has 0 spiro atoms. The van der Waals surface area contributed by atoms with Gasteiger partial charge in [-0.15, -0.1) is 0 Å². The Morgan fingerprint density at radius 3 is 2.43 bits per heavy atom. The molecule has 0 radical (unpaired) electrons. The van der Waals surface area contributed by atoms with Gasteiger partial charge in [0.15, 0.2) is 0 Å². The highest BCUT2D eigenvalue weighted by Crippen LogP contribution is 2.10. The molecule has 0 bridgehead atoms. The molecule has 1 N–H and O–H groups in total. The zero-order valence-corrected chi connectivity index (χ0v) is 11.7. The van der Waals surface area contributed by atoms with Crippen molar-refractivity contribution in [2.45, 2.75) is 0 Å². The molecule has 1 fully saturated rings. The maximum absolute atomic E-state index is 12.8. The summed E-state index contributed by atoms with van der Waals surface area (Å²) in [5.74, 6) is 0.916. The molecule has 5 heteroatoms. The van der Waals surface area contributed by atoms with Gasteiger partial charge in [0, 0.05) is 6.07 Å². The lowest BCUT2D eigenvalue weighted by Crippen LogP contribution is -2.45. The second kappa shape index (κ2) is 6.35. The summed E-state index contributed by atoms with van der Waals surface area (Å²) in [7, 11) is 0. The van der Waals surface area contributed by atoms with Crippen molar-refractivity contribution in [3.63, 3.8) is 0 Å². The van der Waals surface area contributed by atoms with Crippen molar-refractivity contribution in [2.75, 3.05) is 31.1 Å². The third kappa shape index (κ3) is 3.56. The molecular formula is C16H18FN4+. The number of pyridine rings is 1. The molecule has 0 atom stereocenters. The standard InChI is InChI=1S/C16H17FN4/c17-15-6-4-14(5-7-15)13-19-21-11-9-20(10-12-21)16-3-1-2-8-18-16/h1-8,13H,9-12H2/p+1/b19-13+. The van der Waals surface area contributed by atoms with Gasteiger partial charge in [0.05, 0.1) is 25.5 Å². The Labute approximate surface area is 123 Å². The highest BCUT2D eigenvalue weighted by atomic mass is 19.1. The summed E-state index contributed by atoms with van der Waals surface area (Å²) in [6, 6.07) is 12.5. The summed E-state index contributed by atoms with van der Waals surface area (Å²) in [5.41, 5.74) is 0.912. The molecule has 2 heterocycles. The van der Waals surface area contributed by atoms with E-state index in [2.05, 4.69) is 21.1 Å². The summed E-state index contributed by atoms with van der Waals surface area (Å²) in [6.07, 6.45) is 3.72. The lowest BCUT2D eigenvalue weighted by Gasteiger charge is -2.28. The summed E-state index contributed by atoms with van der Waals surface area (Å²) in [4.78, 5) is 5.56. The maximum atomic E-state index is 12.8. The van der Waals surface area contributed by atoms with Crippen molar-refractivity contribution >= 4 is 12.0 Å². The van der Waals surface area contributed by atoms with Crippen LogP contribution in [0.1, 0.15) is 5.56 Å². The number of nitrogens with one attached hydrogen (secondary N) is 1. The molecule has 1 aliphatic heterocycles. The average Bonchev–Trinajstić information content (AvgIpc) is 2.56. The van der Waals surface area contributed by atoms with Crippen molar-refractivity contribution in [3.05, 3.63) is 60.0 Å². The van der Waals surface area contributed by atoms with Crippen molar-refractivity contribution in [3.8, 4) is 0 Å². The van der Waals surface area contributed by atoms with Crippen molar-refractivity contribution < 1.29 is 9.37 Å². The van der Waals surface area contributed by atoms with Crippen LogP contribution < -0.4 is 9.88 Å². The van der Waals surface area contributed by atoms with E-state index < -0.39 is 0 Å². The number of hydrogen-bond donors (Lipinski definition) is 0. The van der Waals surface area contributed by atoms with E-state index in [9.17, 15) is 4.39 Å². The zero-order chi connectivity index (χ0) is 14.5. The van der Waals surface area contributed by atoms with Crippen molar-refractivity contribution in [1.29, 1.82) is 0 Å². The second-order valence-electron chi connectivity index (χ2n) is 4.98. The van der Waals surface area contributed by atoms with E-state index in [0.717, 1.165) is 37.6 Å². The monoisotopic (exact) mass is 285 g/mol. The van der Waals surface area contributed by atoms with Crippen LogP contribution in [-0.4, -0.2) is 37.4 Å². The van der Waals surface area contributed by atoms with E-state index in [4.69, 9.17) is 0 Å². The number of hydrazone groups is 1. The second-order valence-corrected chi connectivity index (χ2v) is 4.98. The van der Waals surface area contributed by atoms with Crippen LogP contribution >= 0.6 is 0 Å². The maximum Gasteiger partial charge on any atom is 0.274 e. The first-order chi connectivity index (χ1) is 10.3.